The van der Waals surface area contributed by atoms with Crippen LogP contribution in [0.1, 0.15) is 25.7 Å². The quantitative estimate of drug-likeness (QED) is 0.508. The molecule has 4 rings (SSSR count). The molecule has 2 aliphatic rings. The summed E-state index contributed by atoms with van der Waals surface area (Å²) in [6.07, 6.45) is -1.23. The zero-order valence-corrected chi connectivity index (χ0v) is 17.9. The Balaban J connectivity index is 0.000000406. The predicted octanol–water partition coefficient (Wildman–Crippen LogP) is 5.34. The van der Waals surface area contributed by atoms with Crippen molar-refractivity contribution in [2.45, 2.75) is 43.9 Å². The molecule has 2 bridgehead atoms. The Labute approximate surface area is 192 Å². The monoisotopic (exact) mass is 486 g/mol. The summed E-state index contributed by atoms with van der Waals surface area (Å²) in [7, 11) is 0. The van der Waals surface area contributed by atoms with Crippen LogP contribution >= 0.6 is 0 Å². The number of carbonyl (C=O) groups excluding carboxylic acids is 1. The molecule has 0 saturated carbocycles. The fraction of sp³-hybridized carbons (Fsp3) is 0.391. The van der Waals surface area contributed by atoms with Crippen LogP contribution in [-0.2, 0) is 9.53 Å². The highest BCUT2D eigenvalue weighted by Crippen LogP contribution is 2.32. The van der Waals surface area contributed by atoms with Crippen molar-refractivity contribution < 1.29 is 41.4 Å². The topological polar surface area (TPSA) is 87.7 Å². The van der Waals surface area contributed by atoms with E-state index in [4.69, 9.17) is 14.6 Å². The number of fused-ring (bicyclic) bond motifs is 2. The smallest absolute Gasteiger partial charge is 0.475 e. The molecular weight excluding hydrogens is 463 g/mol. The summed E-state index contributed by atoms with van der Waals surface area (Å²) < 4.78 is 64.4. The molecule has 11 heteroatoms. The van der Waals surface area contributed by atoms with Gasteiger partial charge in [-0.15, -0.1) is 0 Å². The first-order valence-electron chi connectivity index (χ1n) is 10.6. The summed E-state index contributed by atoms with van der Waals surface area (Å²) in [5.41, 5.74) is 1.28. The minimum Gasteiger partial charge on any atom is -0.475 e. The number of amides is 1. The van der Waals surface area contributed by atoms with Crippen LogP contribution < -0.4 is 10.6 Å². The first kappa shape index (κ1) is 25.4. The summed E-state index contributed by atoms with van der Waals surface area (Å²) in [4.78, 5) is 21.1. The van der Waals surface area contributed by atoms with Gasteiger partial charge in [0.25, 0.3) is 0 Å². The Morgan fingerprint density at radius 2 is 1.65 bits per heavy atom. The number of hydrogen-bond donors (Lipinski definition) is 3. The standard InChI is InChI=1S/C21H22F2N2O2.C2HF3O2/c22-15-3-1-2-14(10-15)19-11-16(23)4-7-20(19)25-21(26)27-12-13-8-17-5-6-18(9-13)24-17;3-2(4,5)1(6)7/h1-4,7,10-11,13,17-18,24H,5-6,8-9,12H2,(H,25,26);(H,6,7). The average Bonchev–Trinajstić information content (AvgIpc) is 3.11. The zero-order valence-electron chi connectivity index (χ0n) is 17.9. The van der Waals surface area contributed by atoms with Crippen LogP contribution in [0.25, 0.3) is 11.1 Å². The molecule has 6 nitrogen and oxygen atoms in total. The van der Waals surface area contributed by atoms with E-state index in [0.717, 1.165) is 12.8 Å². The second kappa shape index (κ2) is 10.8. The van der Waals surface area contributed by atoms with E-state index in [1.807, 2.05) is 0 Å². The second-order valence-corrected chi connectivity index (χ2v) is 8.20. The zero-order chi connectivity index (χ0) is 24.9. The van der Waals surface area contributed by atoms with Crippen LogP contribution in [-0.4, -0.2) is 42.0 Å². The van der Waals surface area contributed by atoms with E-state index < -0.39 is 29.9 Å². The first-order valence-corrected chi connectivity index (χ1v) is 10.6. The van der Waals surface area contributed by atoms with E-state index in [2.05, 4.69) is 10.6 Å². The van der Waals surface area contributed by atoms with Crippen LogP contribution in [0.3, 0.4) is 0 Å². The third-order valence-corrected chi connectivity index (χ3v) is 5.62. The van der Waals surface area contributed by atoms with Gasteiger partial charge in [0.05, 0.1) is 12.3 Å². The Hall–Kier alpha value is -3.21. The number of carboxylic acids is 1. The molecule has 2 aromatic rings. The van der Waals surface area contributed by atoms with Gasteiger partial charge in [-0.2, -0.15) is 13.2 Å². The molecular formula is C23H23F5N2O4. The minimum atomic E-state index is -5.08. The largest absolute Gasteiger partial charge is 0.490 e. The van der Waals surface area contributed by atoms with Gasteiger partial charge in [0.1, 0.15) is 11.6 Å². The second-order valence-electron chi connectivity index (χ2n) is 8.20. The minimum absolute atomic E-state index is 0.366. The van der Waals surface area contributed by atoms with Gasteiger partial charge in [-0.3, -0.25) is 5.32 Å². The molecule has 2 aliphatic heterocycles. The lowest BCUT2D eigenvalue weighted by molar-refractivity contribution is -0.192. The van der Waals surface area contributed by atoms with Crippen LogP contribution in [0.4, 0.5) is 32.4 Å². The van der Waals surface area contributed by atoms with Gasteiger partial charge in [0, 0.05) is 17.6 Å². The highest BCUT2D eigenvalue weighted by Gasteiger charge is 2.38. The molecule has 3 N–H and O–H groups in total. The number of aliphatic carboxylic acids is 1. The van der Waals surface area contributed by atoms with Gasteiger partial charge < -0.3 is 15.2 Å². The lowest BCUT2D eigenvalue weighted by Gasteiger charge is -2.28. The number of alkyl halides is 3. The number of benzene rings is 2. The van der Waals surface area contributed by atoms with Gasteiger partial charge in [-0.1, -0.05) is 12.1 Å². The maximum Gasteiger partial charge on any atom is 0.490 e. The fourth-order valence-electron chi connectivity index (χ4n) is 4.17. The van der Waals surface area contributed by atoms with Crippen LogP contribution in [0.5, 0.6) is 0 Å². The Morgan fingerprint density at radius 3 is 2.24 bits per heavy atom. The number of piperidine rings is 1. The molecule has 0 aromatic heterocycles. The molecule has 0 spiro atoms. The molecule has 2 aromatic carbocycles. The van der Waals surface area contributed by atoms with Gasteiger partial charge in [-0.05, 0) is 67.5 Å². The normalized spacial score (nSPS) is 21.3. The molecule has 34 heavy (non-hydrogen) atoms. The van der Waals surface area contributed by atoms with Crippen LogP contribution in [0, 0.1) is 17.6 Å². The Kier molecular flexibility index (Phi) is 8.08. The number of carbonyl (C=O) groups is 2. The van der Waals surface area contributed by atoms with E-state index in [9.17, 15) is 26.7 Å². The van der Waals surface area contributed by atoms with Crippen molar-refractivity contribution in [1.82, 2.24) is 5.32 Å². The molecule has 0 radical (unpaired) electrons. The van der Waals surface area contributed by atoms with Gasteiger partial charge in [0.2, 0.25) is 0 Å². The maximum atomic E-state index is 13.7. The molecule has 2 atom stereocenters. The molecule has 1 amide bonds. The van der Waals surface area contributed by atoms with Gasteiger partial charge in [0.15, 0.2) is 0 Å². The first-order chi connectivity index (χ1) is 16.0. The number of hydrogen-bond acceptors (Lipinski definition) is 4. The fourth-order valence-corrected chi connectivity index (χ4v) is 4.17. The molecule has 0 aliphatic carbocycles. The highest BCUT2D eigenvalue weighted by atomic mass is 19.4. The molecule has 2 unspecified atom stereocenters. The van der Waals surface area contributed by atoms with Crippen molar-refractivity contribution in [1.29, 1.82) is 0 Å². The number of carboxylic acid groups (broad SMARTS) is 1. The van der Waals surface area contributed by atoms with Crippen molar-refractivity contribution in [2.75, 3.05) is 11.9 Å². The predicted molar refractivity (Wildman–Crippen MR) is 113 cm³/mol. The van der Waals surface area contributed by atoms with E-state index >= 15 is 0 Å². The average molecular weight is 486 g/mol. The van der Waals surface area contributed by atoms with Crippen molar-refractivity contribution >= 4 is 17.7 Å². The number of rotatable bonds is 4. The maximum absolute atomic E-state index is 13.7. The molecule has 184 valence electrons. The van der Waals surface area contributed by atoms with Crippen molar-refractivity contribution in [3.05, 3.63) is 54.1 Å². The molecule has 2 heterocycles. The summed E-state index contributed by atoms with van der Waals surface area (Å²) in [6.45, 7) is 0.372. The van der Waals surface area contributed by atoms with Gasteiger partial charge >= 0.3 is 18.2 Å². The molecule has 2 fully saturated rings. The van der Waals surface area contributed by atoms with Gasteiger partial charge in [-0.25, -0.2) is 18.4 Å². The van der Waals surface area contributed by atoms with Crippen molar-refractivity contribution in [3.63, 3.8) is 0 Å². The number of nitrogens with one attached hydrogen (secondary N) is 2. The summed E-state index contributed by atoms with van der Waals surface area (Å²) >= 11 is 0. The van der Waals surface area contributed by atoms with Crippen molar-refractivity contribution in [2.24, 2.45) is 5.92 Å². The third kappa shape index (κ3) is 7.14. The summed E-state index contributed by atoms with van der Waals surface area (Å²) in [5, 5.41) is 13.4. The highest BCUT2D eigenvalue weighted by molar-refractivity contribution is 5.91. The van der Waals surface area contributed by atoms with Crippen LogP contribution in [0.2, 0.25) is 0 Å². The lowest BCUT2D eigenvalue weighted by Crippen LogP contribution is -2.39. The van der Waals surface area contributed by atoms with E-state index in [-0.39, 0.29) is 0 Å². The van der Waals surface area contributed by atoms with E-state index in [1.54, 1.807) is 12.1 Å². The number of anilines is 1. The van der Waals surface area contributed by atoms with Crippen molar-refractivity contribution in [3.8, 4) is 11.1 Å². The van der Waals surface area contributed by atoms with Crippen LogP contribution in [0.15, 0.2) is 42.5 Å². The number of ether oxygens (including phenoxy) is 1. The lowest BCUT2D eigenvalue weighted by atomic mass is 9.93. The Bertz CT molecular complexity index is 1020. The summed E-state index contributed by atoms with van der Waals surface area (Å²) in [6, 6.07) is 10.9. The SMILES string of the molecule is O=C(Nc1ccc(F)cc1-c1cccc(F)c1)OCC1CC2CCC(C1)N2.O=C(O)C(F)(F)F. The summed E-state index contributed by atoms with van der Waals surface area (Å²) in [5.74, 6) is -3.28. The van der Waals surface area contributed by atoms with E-state index in [1.165, 1.54) is 43.2 Å². The molecule has 2 saturated heterocycles. The van der Waals surface area contributed by atoms with E-state index in [0.29, 0.717) is 41.4 Å². The Morgan fingerprint density at radius 1 is 1.03 bits per heavy atom. The third-order valence-electron chi connectivity index (χ3n) is 5.62. The number of halogens is 5.